The third-order valence-electron chi connectivity index (χ3n) is 3.65. The maximum atomic E-state index is 12.1. The lowest BCUT2D eigenvalue weighted by Crippen LogP contribution is -2.33. The summed E-state index contributed by atoms with van der Waals surface area (Å²) >= 11 is 6.00. The Bertz CT molecular complexity index is 514. The van der Waals surface area contributed by atoms with Crippen LogP contribution in [0.2, 0.25) is 5.02 Å². The smallest absolute Gasteiger partial charge is 0.228 e. The number of anilines is 1. The maximum absolute atomic E-state index is 12.1. The molecule has 2 amide bonds. The lowest BCUT2D eigenvalue weighted by atomic mass is 10.2. The van der Waals surface area contributed by atoms with Gasteiger partial charge in [-0.15, -0.1) is 0 Å². The molecule has 1 aliphatic rings. The first-order chi connectivity index (χ1) is 9.58. The number of carbonyl (C=O) groups is 2. The summed E-state index contributed by atoms with van der Waals surface area (Å²) in [6.07, 6.45) is 0.631. The Balaban J connectivity index is 1.94. The quantitative estimate of drug-likeness (QED) is 0.908. The van der Waals surface area contributed by atoms with E-state index in [2.05, 4.69) is 5.32 Å². The fraction of sp³-hybridized carbons (Fsp3) is 0.467. The van der Waals surface area contributed by atoms with Gasteiger partial charge < -0.3 is 10.2 Å². The van der Waals surface area contributed by atoms with Crippen LogP contribution in [-0.4, -0.2) is 29.8 Å². The molecule has 1 saturated carbocycles. The van der Waals surface area contributed by atoms with E-state index in [4.69, 9.17) is 11.6 Å². The Morgan fingerprint density at radius 3 is 2.50 bits per heavy atom. The average Bonchev–Trinajstić information content (AvgIpc) is 3.23. The van der Waals surface area contributed by atoms with Gasteiger partial charge in [-0.05, 0) is 32.4 Å². The van der Waals surface area contributed by atoms with Crippen molar-refractivity contribution in [1.29, 1.82) is 0 Å². The van der Waals surface area contributed by atoms with Gasteiger partial charge in [0.25, 0.3) is 0 Å². The van der Waals surface area contributed by atoms with E-state index >= 15 is 0 Å². The molecule has 0 bridgehead atoms. The van der Waals surface area contributed by atoms with Crippen LogP contribution in [0.3, 0.4) is 0 Å². The third kappa shape index (κ3) is 3.12. The molecule has 2 unspecified atom stereocenters. The number of halogens is 1. The summed E-state index contributed by atoms with van der Waals surface area (Å²) < 4.78 is 0. The summed E-state index contributed by atoms with van der Waals surface area (Å²) in [6.45, 7) is 5.26. The molecule has 0 aromatic heterocycles. The minimum absolute atomic E-state index is 0.0781. The van der Waals surface area contributed by atoms with Crippen molar-refractivity contribution in [3.8, 4) is 0 Å². The van der Waals surface area contributed by atoms with E-state index in [0.717, 1.165) is 0 Å². The van der Waals surface area contributed by atoms with Gasteiger partial charge in [-0.2, -0.15) is 0 Å². The molecule has 2 rings (SSSR count). The van der Waals surface area contributed by atoms with Crippen molar-refractivity contribution in [2.45, 2.75) is 20.3 Å². The maximum Gasteiger partial charge on any atom is 0.228 e. The molecule has 1 N–H and O–H groups in total. The first-order valence-electron chi connectivity index (χ1n) is 6.92. The van der Waals surface area contributed by atoms with Gasteiger partial charge in [-0.3, -0.25) is 9.59 Å². The standard InChI is InChI=1S/C15H19ClN2O2/c1-3-18(4-2)15(20)11-9-10(11)14(19)17-13-8-6-5-7-12(13)16/h5-8,10-11H,3-4,9H2,1-2H3,(H,17,19). The molecule has 0 heterocycles. The summed E-state index contributed by atoms with van der Waals surface area (Å²) in [4.78, 5) is 26.0. The molecule has 108 valence electrons. The molecule has 1 fully saturated rings. The lowest BCUT2D eigenvalue weighted by Gasteiger charge is -2.18. The Morgan fingerprint density at radius 2 is 1.90 bits per heavy atom. The number of rotatable bonds is 5. The molecule has 0 aliphatic heterocycles. The highest BCUT2D eigenvalue weighted by Gasteiger charge is 2.49. The Hall–Kier alpha value is -1.55. The second-order valence-electron chi connectivity index (χ2n) is 4.93. The monoisotopic (exact) mass is 294 g/mol. The van der Waals surface area contributed by atoms with Gasteiger partial charge in [0.05, 0.1) is 22.5 Å². The Labute approximate surface area is 124 Å². The number of carbonyl (C=O) groups excluding carboxylic acids is 2. The number of nitrogens with zero attached hydrogens (tertiary/aromatic N) is 1. The van der Waals surface area contributed by atoms with Gasteiger partial charge in [-0.25, -0.2) is 0 Å². The van der Waals surface area contributed by atoms with E-state index in [-0.39, 0.29) is 23.7 Å². The van der Waals surface area contributed by atoms with Gasteiger partial charge in [0, 0.05) is 13.1 Å². The number of hydrogen-bond acceptors (Lipinski definition) is 2. The van der Waals surface area contributed by atoms with E-state index in [1.165, 1.54) is 0 Å². The van der Waals surface area contributed by atoms with E-state index < -0.39 is 0 Å². The van der Waals surface area contributed by atoms with Gasteiger partial charge in [0.15, 0.2) is 0 Å². The van der Waals surface area contributed by atoms with Gasteiger partial charge in [0.1, 0.15) is 0 Å². The zero-order valence-electron chi connectivity index (χ0n) is 11.7. The minimum atomic E-state index is -0.223. The fourth-order valence-corrected chi connectivity index (χ4v) is 2.50. The summed E-state index contributed by atoms with van der Waals surface area (Å²) in [5, 5.41) is 3.30. The summed E-state index contributed by atoms with van der Waals surface area (Å²) in [6, 6.07) is 7.10. The molecule has 4 nitrogen and oxygen atoms in total. The first kappa shape index (κ1) is 14.9. The molecule has 1 aliphatic carbocycles. The largest absolute Gasteiger partial charge is 0.343 e. The van der Waals surface area contributed by atoms with E-state index in [1.54, 1.807) is 17.0 Å². The molecule has 0 radical (unpaired) electrons. The molecular weight excluding hydrogens is 276 g/mol. The molecule has 1 aromatic rings. The highest BCUT2D eigenvalue weighted by atomic mass is 35.5. The van der Waals surface area contributed by atoms with Crippen LogP contribution in [-0.2, 0) is 9.59 Å². The predicted octanol–water partition coefficient (Wildman–Crippen LogP) is 2.78. The molecule has 2 atom stereocenters. The Morgan fingerprint density at radius 1 is 1.25 bits per heavy atom. The second kappa shape index (κ2) is 6.27. The fourth-order valence-electron chi connectivity index (χ4n) is 2.32. The molecule has 0 spiro atoms. The summed E-state index contributed by atoms with van der Waals surface area (Å²) in [5.74, 6) is -0.435. The summed E-state index contributed by atoms with van der Waals surface area (Å²) in [5.41, 5.74) is 0.597. The van der Waals surface area contributed by atoms with Crippen LogP contribution in [0, 0.1) is 11.8 Å². The van der Waals surface area contributed by atoms with Crippen molar-refractivity contribution >= 4 is 29.1 Å². The number of para-hydroxylation sites is 1. The third-order valence-corrected chi connectivity index (χ3v) is 3.98. The van der Waals surface area contributed by atoms with Crippen molar-refractivity contribution < 1.29 is 9.59 Å². The lowest BCUT2D eigenvalue weighted by molar-refractivity contribution is -0.133. The van der Waals surface area contributed by atoms with Crippen molar-refractivity contribution in [1.82, 2.24) is 4.90 Å². The molecular formula is C15H19ClN2O2. The number of nitrogens with one attached hydrogen (secondary N) is 1. The van der Waals surface area contributed by atoms with Gasteiger partial charge in [0.2, 0.25) is 11.8 Å². The minimum Gasteiger partial charge on any atom is -0.343 e. The average molecular weight is 295 g/mol. The van der Waals surface area contributed by atoms with Crippen molar-refractivity contribution in [3.63, 3.8) is 0 Å². The normalized spacial score (nSPS) is 20.4. The molecule has 0 saturated heterocycles. The molecule has 20 heavy (non-hydrogen) atoms. The highest BCUT2D eigenvalue weighted by Crippen LogP contribution is 2.41. The van der Waals surface area contributed by atoms with E-state index in [0.29, 0.717) is 30.2 Å². The van der Waals surface area contributed by atoms with Crippen molar-refractivity contribution in [3.05, 3.63) is 29.3 Å². The second-order valence-corrected chi connectivity index (χ2v) is 5.34. The van der Waals surface area contributed by atoms with E-state index in [1.807, 2.05) is 26.0 Å². The van der Waals surface area contributed by atoms with Crippen LogP contribution in [0.15, 0.2) is 24.3 Å². The van der Waals surface area contributed by atoms with Gasteiger partial charge in [-0.1, -0.05) is 23.7 Å². The SMILES string of the molecule is CCN(CC)C(=O)C1CC1C(=O)Nc1ccccc1Cl. The number of amides is 2. The number of hydrogen-bond donors (Lipinski definition) is 1. The van der Waals surface area contributed by atoms with Crippen LogP contribution in [0.5, 0.6) is 0 Å². The van der Waals surface area contributed by atoms with Gasteiger partial charge >= 0.3 is 0 Å². The topological polar surface area (TPSA) is 49.4 Å². The molecule has 5 heteroatoms. The zero-order chi connectivity index (χ0) is 14.7. The molecule has 1 aromatic carbocycles. The Kier molecular flexibility index (Phi) is 4.65. The predicted molar refractivity (Wildman–Crippen MR) is 79.6 cm³/mol. The zero-order valence-corrected chi connectivity index (χ0v) is 12.5. The van der Waals surface area contributed by atoms with Crippen LogP contribution in [0.25, 0.3) is 0 Å². The number of benzene rings is 1. The first-order valence-corrected chi connectivity index (χ1v) is 7.30. The van der Waals surface area contributed by atoms with Crippen LogP contribution in [0.1, 0.15) is 20.3 Å². The van der Waals surface area contributed by atoms with E-state index in [9.17, 15) is 9.59 Å². The van der Waals surface area contributed by atoms with Crippen LogP contribution < -0.4 is 5.32 Å². The van der Waals surface area contributed by atoms with Crippen LogP contribution in [0.4, 0.5) is 5.69 Å². The van der Waals surface area contributed by atoms with Crippen molar-refractivity contribution in [2.24, 2.45) is 11.8 Å². The summed E-state index contributed by atoms with van der Waals surface area (Å²) in [7, 11) is 0. The highest BCUT2D eigenvalue weighted by molar-refractivity contribution is 6.33. The van der Waals surface area contributed by atoms with Crippen LogP contribution >= 0.6 is 11.6 Å². The van der Waals surface area contributed by atoms with Crippen molar-refractivity contribution in [2.75, 3.05) is 18.4 Å².